The molecule has 1 aromatic heterocycles. The van der Waals surface area contributed by atoms with E-state index in [-0.39, 0.29) is 24.0 Å². The smallest absolute Gasteiger partial charge is 0.225 e. The van der Waals surface area contributed by atoms with Crippen molar-refractivity contribution in [1.82, 2.24) is 5.32 Å². The third kappa shape index (κ3) is 4.45. The summed E-state index contributed by atoms with van der Waals surface area (Å²) in [4.78, 5) is 14.5. The second kappa shape index (κ2) is 6.79. The summed E-state index contributed by atoms with van der Waals surface area (Å²) in [5, 5.41) is 16.6. The zero-order valence-corrected chi connectivity index (χ0v) is 13.9. The number of carbonyl (C=O) groups excluding carboxylic acids is 1. The largest absolute Gasteiger partial charge is 0.396 e. The van der Waals surface area contributed by atoms with Crippen LogP contribution in [0, 0.1) is 11.3 Å². The van der Waals surface area contributed by atoms with Crippen LogP contribution in [0.1, 0.15) is 33.6 Å². The van der Waals surface area contributed by atoms with Crippen LogP contribution in [0.5, 0.6) is 0 Å². The first-order valence-electron chi connectivity index (χ1n) is 7.59. The number of nitrogens with one attached hydrogen (secondary N) is 1. The maximum Gasteiger partial charge on any atom is 0.225 e. The van der Waals surface area contributed by atoms with Gasteiger partial charge in [-0.25, -0.2) is 0 Å². The number of aliphatic hydroxyl groups excluding tert-OH is 1. The van der Waals surface area contributed by atoms with Gasteiger partial charge in [0.1, 0.15) is 0 Å². The van der Waals surface area contributed by atoms with Gasteiger partial charge in [0.2, 0.25) is 5.91 Å². The lowest BCUT2D eigenvalue weighted by molar-refractivity contribution is -0.129. The fourth-order valence-corrected chi connectivity index (χ4v) is 3.41. The molecule has 2 atom stereocenters. The van der Waals surface area contributed by atoms with E-state index in [1.807, 2.05) is 20.8 Å². The average Bonchev–Trinajstić information content (AvgIpc) is 2.91. The van der Waals surface area contributed by atoms with Gasteiger partial charge in [-0.3, -0.25) is 4.79 Å². The number of amides is 1. The normalized spacial score (nSPS) is 23.1. The molecular weight excluding hydrogens is 284 g/mol. The lowest BCUT2D eigenvalue weighted by Gasteiger charge is -2.39. The Morgan fingerprint density at radius 2 is 2.24 bits per heavy atom. The molecule has 1 aromatic rings. The van der Waals surface area contributed by atoms with Gasteiger partial charge in [0.15, 0.2) is 0 Å². The van der Waals surface area contributed by atoms with Gasteiger partial charge in [-0.1, -0.05) is 20.8 Å². The van der Waals surface area contributed by atoms with E-state index >= 15 is 0 Å². The molecule has 1 aliphatic heterocycles. The Balaban J connectivity index is 2.04. The first-order chi connectivity index (χ1) is 9.90. The molecule has 0 saturated carbocycles. The zero-order valence-electron chi connectivity index (χ0n) is 13.1. The highest BCUT2D eigenvalue weighted by Crippen LogP contribution is 2.27. The Morgan fingerprint density at radius 3 is 2.81 bits per heavy atom. The minimum absolute atomic E-state index is 0.0995. The van der Waals surface area contributed by atoms with Crippen LogP contribution in [0.25, 0.3) is 0 Å². The minimum atomic E-state index is -0.364. The number of carbonyl (C=O) groups is 1. The summed E-state index contributed by atoms with van der Waals surface area (Å²) in [6.45, 7) is 7.83. The average molecular weight is 310 g/mol. The van der Waals surface area contributed by atoms with Crippen molar-refractivity contribution in [1.29, 1.82) is 0 Å². The van der Waals surface area contributed by atoms with Crippen LogP contribution in [0.4, 0.5) is 5.69 Å². The Morgan fingerprint density at radius 1 is 1.48 bits per heavy atom. The van der Waals surface area contributed by atoms with E-state index in [9.17, 15) is 9.90 Å². The fourth-order valence-electron chi connectivity index (χ4n) is 2.75. The van der Waals surface area contributed by atoms with Crippen molar-refractivity contribution in [3.63, 3.8) is 0 Å². The second-order valence-electron chi connectivity index (χ2n) is 6.92. The summed E-state index contributed by atoms with van der Waals surface area (Å²) < 4.78 is 0. The summed E-state index contributed by atoms with van der Waals surface area (Å²) in [7, 11) is 0. The van der Waals surface area contributed by atoms with Crippen molar-refractivity contribution >= 4 is 22.9 Å². The van der Waals surface area contributed by atoms with Gasteiger partial charge in [-0.2, -0.15) is 11.3 Å². The first-order valence-corrected chi connectivity index (χ1v) is 8.53. The third-order valence-corrected chi connectivity index (χ3v) is 4.63. The number of anilines is 1. The molecule has 2 N–H and O–H groups in total. The van der Waals surface area contributed by atoms with Gasteiger partial charge < -0.3 is 15.3 Å². The summed E-state index contributed by atoms with van der Waals surface area (Å²) in [6, 6.07) is 2.27. The number of nitrogens with zero attached hydrogens (tertiary/aromatic N) is 1. The highest BCUT2D eigenvalue weighted by molar-refractivity contribution is 7.08. The van der Waals surface area contributed by atoms with Crippen LogP contribution >= 0.6 is 11.3 Å². The molecule has 0 aliphatic carbocycles. The minimum Gasteiger partial charge on any atom is -0.396 e. The third-order valence-electron chi connectivity index (χ3n) is 3.96. The van der Waals surface area contributed by atoms with Gasteiger partial charge in [0.25, 0.3) is 0 Å². The molecular formula is C16H26N2O2S. The first kappa shape index (κ1) is 16.3. The predicted octanol–water partition coefficient (Wildman–Crippen LogP) is 2.49. The monoisotopic (exact) mass is 310 g/mol. The van der Waals surface area contributed by atoms with E-state index in [2.05, 4.69) is 27.0 Å². The van der Waals surface area contributed by atoms with Crippen molar-refractivity contribution < 1.29 is 9.90 Å². The van der Waals surface area contributed by atoms with E-state index in [0.717, 1.165) is 25.9 Å². The van der Waals surface area contributed by atoms with Gasteiger partial charge in [0, 0.05) is 42.2 Å². The summed E-state index contributed by atoms with van der Waals surface area (Å²) >= 11 is 1.69. The summed E-state index contributed by atoms with van der Waals surface area (Å²) in [6.07, 6.45) is 1.74. The maximum absolute atomic E-state index is 12.2. The molecule has 1 fully saturated rings. The van der Waals surface area contributed by atoms with Crippen LogP contribution in [0.3, 0.4) is 0 Å². The standard InChI is InChI=1S/C16H26N2O2S/c1-16(2,3)15(20)17-13-8-12(4-6-19)9-18(10-13)14-5-7-21-11-14/h5,7,11-13,19H,4,6,8-10H2,1-3H3,(H,17,20). The molecule has 2 unspecified atom stereocenters. The van der Waals surface area contributed by atoms with E-state index in [4.69, 9.17) is 0 Å². The number of piperidine rings is 1. The van der Waals surface area contributed by atoms with Crippen molar-refractivity contribution in [2.45, 2.75) is 39.7 Å². The number of aliphatic hydroxyl groups is 1. The lowest BCUT2D eigenvalue weighted by atomic mass is 9.89. The van der Waals surface area contributed by atoms with E-state index in [0.29, 0.717) is 5.92 Å². The van der Waals surface area contributed by atoms with Crippen LogP contribution in [0.15, 0.2) is 16.8 Å². The topological polar surface area (TPSA) is 52.6 Å². The quantitative estimate of drug-likeness (QED) is 0.898. The van der Waals surface area contributed by atoms with E-state index < -0.39 is 0 Å². The van der Waals surface area contributed by atoms with Gasteiger partial charge in [-0.15, -0.1) is 0 Å². The molecule has 0 aromatic carbocycles. The van der Waals surface area contributed by atoms with Crippen molar-refractivity contribution in [2.75, 3.05) is 24.6 Å². The Hall–Kier alpha value is -1.07. The summed E-state index contributed by atoms with van der Waals surface area (Å²) in [5.41, 5.74) is 0.856. The Bertz CT molecular complexity index is 453. The zero-order chi connectivity index (χ0) is 15.5. The van der Waals surface area contributed by atoms with Crippen molar-refractivity contribution in [2.24, 2.45) is 11.3 Å². The summed E-state index contributed by atoms with van der Waals surface area (Å²) in [5.74, 6) is 0.524. The Kier molecular flexibility index (Phi) is 5.27. The molecule has 1 amide bonds. The maximum atomic E-state index is 12.2. The molecule has 0 bridgehead atoms. The number of hydrogen-bond acceptors (Lipinski definition) is 4. The van der Waals surface area contributed by atoms with Crippen LogP contribution in [0.2, 0.25) is 0 Å². The molecule has 0 spiro atoms. The number of thiophene rings is 1. The van der Waals surface area contributed by atoms with Crippen LogP contribution in [-0.4, -0.2) is 36.8 Å². The number of hydrogen-bond donors (Lipinski definition) is 2. The van der Waals surface area contributed by atoms with Gasteiger partial charge >= 0.3 is 0 Å². The van der Waals surface area contributed by atoms with E-state index in [1.165, 1.54) is 5.69 Å². The second-order valence-corrected chi connectivity index (χ2v) is 7.70. The van der Waals surface area contributed by atoms with Gasteiger partial charge in [0.05, 0.1) is 0 Å². The molecule has 2 rings (SSSR count). The fraction of sp³-hybridized carbons (Fsp3) is 0.688. The van der Waals surface area contributed by atoms with Crippen molar-refractivity contribution in [3.8, 4) is 0 Å². The lowest BCUT2D eigenvalue weighted by Crippen LogP contribution is -2.53. The molecule has 1 saturated heterocycles. The molecule has 4 nitrogen and oxygen atoms in total. The van der Waals surface area contributed by atoms with E-state index in [1.54, 1.807) is 11.3 Å². The molecule has 5 heteroatoms. The number of rotatable bonds is 4. The van der Waals surface area contributed by atoms with Crippen LogP contribution < -0.4 is 10.2 Å². The predicted molar refractivity (Wildman–Crippen MR) is 87.7 cm³/mol. The van der Waals surface area contributed by atoms with Gasteiger partial charge in [-0.05, 0) is 30.2 Å². The molecule has 0 radical (unpaired) electrons. The molecule has 1 aliphatic rings. The SMILES string of the molecule is CC(C)(C)C(=O)NC1CC(CCO)CN(c2ccsc2)C1. The Labute approximate surface area is 131 Å². The molecule has 21 heavy (non-hydrogen) atoms. The van der Waals surface area contributed by atoms with Crippen LogP contribution in [-0.2, 0) is 4.79 Å². The highest BCUT2D eigenvalue weighted by Gasteiger charge is 2.31. The highest BCUT2D eigenvalue weighted by atomic mass is 32.1. The molecule has 118 valence electrons. The van der Waals surface area contributed by atoms with Crippen molar-refractivity contribution in [3.05, 3.63) is 16.8 Å². The molecule has 2 heterocycles.